The van der Waals surface area contributed by atoms with Crippen LogP contribution in [0.2, 0.25) is 0 Å². The second-order valence-electron chi connectivity index (χ2n) is 3.51. The monoisotopic (exact) mass is 256 g/mol. The first-order valence-electron chi connectivity index (χ1n) is 3.27. The van der Waals surface area contributed by atoms with E-state index in [1.807, 2.05) is 0 Å². The van der Waals surface area contributed by atoms with Gasteiger partial charge in [-0.15, -0.1) is 0 Å². The Labute approximate surface area is 76.0 Å². The first kappa shape index (κ1) is 10.2. The molecule has 0 aromatic heterocycles. The van der Waals surface area contributed by atoms with Gasteiger partial charge in [0, 0.05) is 6.42 Å². The molecule has 0 aromatic carbocycles. The van der Waals surface area contributed by atoms with Gasteiger partial charge in [0.15, 0.2) is 23.0 Å². The third-order valence-corrected chi connectivity index (χ3v) is 1.66. The maximum absolute atomic E-state index is 10.6. The zero-order valence-electron chi connectivity index (χ0n) is 6.61. The lowest BCUT2D eigenvalue weighted by atomic mass is 9.91. The molecule has 0 aliphatic carbocycles. The number of rotatable bonds is 2. The molecule has 3 heteroatoms. The van der Waals surface area contributed by atoms with E-state index in [1.165, 1.54) is 0 Å². The van der Waals surface area contributed by atoms with Crippen LogP contribution in [-0.4, -0.2) is 5.97 Å². The van der Waals surface area contributed by atoms with Gasteiger partial charge >= 0.3 is 5.97 Å². The third kappa shape index (κ3) is 6.32. The largest absolute Gasteiger partial charge is 0.394 e. The summed E-state index contributed by atoms with van der Waals surface area (Å²) in [5.74, 6) is -0.129. The van der Waals surface area contributed by atoms with Crippen LogP contribution in [0, 0.1) is 5.41 Å². The minimum Gasteiger partial charge on any atom is -0.394 e. The topological polar surface area (TPSA) is 26.3 Å². The molecule has 0 radical (unpaired) electrons. The first-order chi connectivity index (χ1) is 4.45. The van der Waals surface area contributed by atoms with Crippen LogP contribution in [0.15, 0.2) is 0 Å². The average Bonchev–Trinajstić information content (AvgIpc) is 1.81. The predicted octanol–water partition coefficient (Wildman–Crippen LogP) is 2.71. The Kier molecular flexibility index (Phi) is 4.24. The van der Waals surface area contributed by atoms with Crippen LogP contribution in [0.25, 0.3) is 0 Å². The summed E-state index contributed by atoms with van der Waals surface area (Å²) >= 11 is 1.62. The molecule has 0 spiro atoms. The summed E-state index contributed by atoms with van der Waals surface area (Å²) in [4.78, 5) is 10.6. The van der Waals surface area contributed by atoms with Crippen LogP contribution in [-0.2, 0) is 7.86 Å². The fourth-order valence-electron chi connectivity index (χ4n) is 0.516. The van der Waals surface area contributed by atoms with Crippen molar-refractivity contribution in [3.05, 3.63) is 0 Å². The van der Waals surface area contributed by atoms with Crippen molar-refractivity contribution in [3.63, 3.8) is 0 Å². The summed E-state index contributed by atoms with van der Waals surface area (Å²) in [5, 5.41) is 0. The molecule has 0 saturated heterocycles. The van der Waals surface area contributed by atoms with Crippen LogP contribution in [0.3, 0.4) is 0 Å². The number of hydrogen-bond donors (Lipinski definition) is 0. The fraction of sp³-hybridized carbons (Fsp3) is 0.857. The van der Waals surface area contributed by atoms with Crippen LogP contribution in [0.4, 0.5) is 0 Å². The SMILES string of the molecule is CC(C)(C)CCC(=O)OI. The van der Waals surface area contributed by atoms with Crippen molar-refractivity contribution in [1.82, 2.24) is 0 Å². The number of carbonyl (C=O) groups is 1. The van der Waals surface area contributed by atoms with Gasteiger partial charge in [-0.3, -0.25) is 4.79 Å². The molecule has 0 fully saturated rings. The molecule has 0 aliphatic heterocycles. The highest BCUT2D eigenvalue weighted by Gasteiger charge is 2.12. The van der Waals surface area contributed by atoms with Crippen LogP contribution in [0.5, 0.6) is 0 Å². The molecule has 0 rings (SSSR count). The summed E-state index contributed by atoms with van der Waals surface area (Å²) in [6, 6.07) is 0. The van der Waals surface area contributed by atoms with Gasteiger partial charge in [0.1, 0.15) is 0 Å². The fourth-order valence-corrected chi connectivity index (χ4v) is 0.736. The van der Waals surface area contributed by atoms with Crippen LogP contribution in [0.1, 0.15) is 33.6 Å². The third-order valence-electron chi connectivity index (χ3n) is 1.17. The lowest BCUT2D eigenvalue weighted by molar-refractivity contribution is -0.131. The van der Waals surface area contributed by atoms with E-state index in [0.29, 0.717) is 6.42 Å². The van der Waals surface area contributed by atoms with Crippen molar-refractivity contribution in [2.75, 3.05) is 0 Å². The highest BCUT2D eigenvalue weighted by atomic mass is 127. The normalized spacial score (nSPS) is 11.2. The van der Waals surface area contributed by atoms with Crippen LogP contribution >= 0.6 is 23.0 Å². The number of carbonyl (C=O) groups excluding carboxylic acids is 1. The maximum atomic E-state index is 10.6. The Bertz CT molecular complexity index is 115. The maximum Gasteiger partial charge on any atom is 0.315 e. The summed E-state index contributed by atoms with van der Waals surface area (Å²) in [6.07, 6.45) is 1.40. The molecular weight excluding hydrogens is 243 g/mol. The molecule has 0 aliphatic rings. The van der Waals surface area contributed by atoms with Gasteiger partial charge in [-0.25, -0.2) is 0 Å². The van der Waals surface area contributed by atoms with Gasteiger partial charge in [-0.05, 0) is 11.8 Å². The molecule has 0 N–H and O–H groups in total. The van der Waals surface area contributed by atoms with E-state index in [4.69, 9.17) is 0 Å². The quantitative estimate of drug-likeness (QED) is 0.710. The van der Waals surface area contributed by atoms with Gasteiger partial charge < -0.3 is 3.07 Å². The predicted molar refractivity (Wildman–Crippen MR) is 48.8 cm³/mol. The first-order valence-corrected chi connectivity index (χ1v) is 4.15. The molecule has 2 nitrogen and oxygen atoms in total. The van der Waals surface area contributed by atoms with E-state index in [1.54, 1.807) is 23.0 Å². The molecular formula is C7H13IO2. The Hall–Kier alpha value is 0.200. The van der Waals surface area contributed by atoms with E-state index in [0.717, 1.165) is 6.42 Å². The molecule has 0 amide bonds. The zero-order valence-corrected chi connectivity index (χ0v) is 8.77. The smallest absolute Gasteiger partial charge is 0.315 e. The van der Waals surface area contributed by atoms with E-state index in [-0.39, 0.29) is 11.4 Å². The zero-order chi connectivity index (χ0) is 8.20. The minimum atomic E-state index is -0.129. The van der Waals surface area contributed by atoms with Crippen molar-refractivity contribution in [1.29, 1.82) is 0 Å². The molecule has 60 valence electrons. The lowest BCUT2D eigenvalue weighted by Crippen LogP contribution is -2.08. The van der Waals surface area contributed by atoms with Crippen molar-refractivity contribution in [3.8, 4) is 0 Å². The summed E-state index contributed by atoms with van der Waals surface area (Å²) in [7, 11) is 0. The summed E-state index contributed by atoms with van der Waals surface area (Å²) in [6.45, 7) is 6.31. The van der Waals surface area contributed by atoms with E-state index >= 15 is 0 Å². The number of halogens is 1. The lowest BCUT2D eigenvalue weighted by Gasteiger charge is -2.15. The van der Waals surface area contributed by atoms with Crippen molar-refractivity contribution < 1.29 is 7.86 Å². The molecule has 0 heterocycles. The highest BCUT2D eigenvalue weighted by Crippen LogP contribution is 2.20. The van der Waals surface area contributed by atoms with E-state index in [9.17, 15) is 4.79 Å². The molecule has 0 bridgehead atoms. The molecule has 0 atom stereocenters. The second kappa shape index (κ2) is 4.16. The Balaban J connectivity index is 3.46. The second-order valence-corrected chi connectivity index (χ2v) is 3.95. The van der Waals surface area contributed by atoms with Crippen molar-refractivity contribution in [2.24, 2.45) is 5.41 Å². The van der Waals surface area contributed by atoms with Gasteiger partial charge in [0.2, 0.25) is 0 Å². The number of hydrogen-bond acceptors (Lipinski definition) is 2. The van der Waals surface area contributed by atoms with E-state index < -0.39 is 0 Å². The van der Waals surface area contributed by atoms with Crippen LogP contribution < -0.4 is 0 Å². The highest BCUT2D eigenvalue weighted by molar-refractivity contribution is 14.1. The van der Waals surface area contributed by atoms with E-state index in [2.05, 4.69) is 23.8 Å². The van der Waals surface area contributed by atoms with Crippen molar-refractivity contribution >= 4 is 29.0 Å². The molecule has 0 aromatic rings. The Morgan fingerprint density at radius 1 is 1.50 bits per heavy atom. The Morgan fingerprint density at radius 3 is 2.30 bits per heavy atom. The molecule has 10 heavy (non-hydrogen) atoms. The summed E-state index contributed by atoms with van der Waals surface area (Å²) < 4.78 is 4.48. The standard InChI is InChI=1S/C7H13IO2/c1-7(2,3)5-4-6(9)10-8/h4-5H2,1-3H3. The Morgan fingerprint density at radius 2 is 2.00 bits per heavy atom. The van der Waals surface area contributed by atoms with Gasteiger partial charge in [-0.2, -0.15) is 0 Å². The van der Waals surface area contributed by atoms with Gasteiger partial charge in [0.25, 0.3) is 0 Å². The minimum absolute atomic E-state index is 0.129. The summed E-state index contributed by atoms with van der Waals surface area (Å²) in [5.41, 5.74) is 0.227. The van der Waals surface area contributed by atoms with Gasteiger partial charge in [0.05, 0.1) is 0 Å². The average molecular weight is 256 g/mol. The molecule has 0 unspecified atom stereocenters. The molecule has 0 saturated carbocycles. The van der Waals surface area contributed by atoms with Gasteiger partial charge in [-0.1, -0.05) is 20.8 Å². The van der Waals surface area contributed by atoms with Crippen molar-refractivity contribution in [2.45, 2.75) is 33.6 Å².